The maximum absolute atomic E-state index is 12.4. The van der Waals surface area contributed by atoms with Gasteiger partial charge < -0.3 is 5.32 Å². The molecule has 0 unspecified atom stereocenters. The molecule has 2 heteroatoms. The maximum Gasteiger partial charge on any atom is 0.224 e. The molecule has 1 aliphatic rings. The predicted molar refractivity (Wildman–Crippen MR) is 94.6 cm³/mol. The van der Waals surface area contributed by atoms with E-state index in [1.807, 2.05) is 0 Å². The molecule has 0 saturated heterocycles. The number of aryl methyl sites for hydroxylation is 4. The molecule has 0 spiro atoms. The van der Waals surface area contributed by atoms with Crippen molar-refractivity contribution >= 4 is 5.91 Å². The van der Waals surface area contributed by atoms with Crippen molar-refractivity contribution in [1.82, 2.24) is 5.32 Å². The minimum Gasteiger partial charge on any atom is -0.349 e. The highest BCUT2D eigenvalue weighted by Gasteiger charge is 2.15. The molecule has 0 fully saturated rings. The predicted octanol–water partition coefficient (Wildman–Crippen LogP) is 4.21. The van der Waals surface area contributed by atoms with Crippen LogP contribution in [0.4, 0.5) is 0 Å². The highest BCUT2D eigenvalue weighted by atomic mass is 16.1. The molecule has 0 heterocycles. The first-order chi connectivity index (χ1) is 11.0. The average Bonchev–Trinajstić information content (AvgIpc) is 2.97. The number of rotatable bonds is 4. The van der Waals surface area contributed by atoms with E-state index in [0.29, 0.717) is 6.42 Å². The number of carbonyl (C=O) groups is 1. The van der Waals surface area contributed by atoms with E-state index in [-0.39, 0.29) is 11.9 Å². The Hall–Kier alpha value is -2.09. The van der Waals surface area contributed by atoms with Crippen LogP contribution in [0.2, 0.25) is 0 Å². The number of carbonyl (C=O) groups excluding carboxylic acids is 1. The lowest BCUT2D eigenvalue weighted by Crippen LogP contribution is -2.28. The Morgan fingerprint density at radius 1 is 1.09 bits per heavy atom. The zero-order valence-corrected chi connectivity index (χ0v) is 14.3. The molecule has 1 aliphatic carbocycles. The lowest BCUT2D eigenvalue weighted by Gasteiger charge is -2.16. The van der Waals surface area contributed by atoms with Crippen LogP contribution in [-0.2, 0) is 24.1 Å². The van der Waals surface area contributed by atoms with Gasteiger partial charge in [0.25, 0.3) is 0 Å². The molecule has 2 aromatic carbocycles. The zero-order valence-electron chi connectivity index (χ0n) is 14.3. The Kier molecular flexibility index (Phi) is 4.51. The smallest absolute Gasteiger partial charge is 0.224 e. The van der Waals surface area contributed by atoms with Crippen LogP contribution in [0.25, 0.3) is 0 Å². The van der Waals surface area contributed by atoms with Gasteiger partial charge in [0.05, 0.1) is 12.5 Å². The average molecular weight is 307 g/mol. The highest BCUT2D eigenvalue weighted by Crippen LogP contribution is 2.25. The molecule has 1 amide bonds. The van der Waals surface area contributed by atoms with Crippen LogP contribution in [0.5, 0.6) is 0 Å². The van der Waals surface area contributed by atoms with Crippen molar-refractivity contribution in [2.75, 3.05) is 0 Å². The molecule has 0 aliphatic heterocycles. The molecule has 1 N–H and O–H groups in total. The molecule has 1 atom stereocenters. The summed E-state index contributed by atoms with van der Waals surface area (Å²) in [5, 5.41) is 3.14. The summed E-state index contributed by atoms with van der Waals surface area (Å²) in [4.78, 5) is 12.4. The van der Waals surface area contributed by atoms with Gasteiger partial charge in [-0.1, -0.05) is 42.0 Å². The van der Waals surface area contributed by atoms with Crippen molar-refractivity contribution in [2.45, 2.75) is 52.5 Å². The number of nitrogens with one attached hydrogen (secondary N) is 1. The van der Waals surface area contributed by atoms with Gasteiger partial charge in [-0.15, -0.1) is 0 Å². The van der Waals surface area contributed by atoms with E-state index in [4.69, 9.17) is 0 Å². The van der Waals surface area contributed by atoms with E-state index in [0.717, 1.165) is 5.56 Å². The molecule has 0 bridgehead atoms. The van der Waals surface area contributed by atoms with Crippen LogP contribution in [0.15, 0.2) is 36.4 Å². The third-order valence-corrected chi connectivity index (χ3v) is 4.85. The Morgan fingerprint density at radius 3 is 2.65 bits per heavy atom. The Labute approximate surface area is 138 Å². The first kappa shape index (κ1) is 15.8. The van der Waals surface area contributed by atoms with Crippen molar-refractivity contribution in [3.05, 3.63) is 69.8 Å². The fourth-order valence-corrected chi connectivity index (χ4v) is 3.45. The molecule has 0 radical (unpaired) electrons. The van der Waals surface area contributed by atoms with Crippen molar-refractivity contribution < 1.29 is 4.79 Å². The number of hydrogen-bond acceptors (Lipinski definition) is 1. The van der Waals surface area contributed by atoms with E-state index in [2.05, 4.69) is 62.5 Å². The van der Waals surface area contributed by atoms with Gasteiger partial charge in [-0.25, -0.2) is 0 Å². The number of fused-ring (bicyclic) bond motifs is 1. The summed E-state index contributed by atoms with van der Waals surface area (Å²) in [6, 6.07) is 13.0. The lowest BCUT2D eigenvalue weighted by atomic mass is 10.0. The van der Waals surface area contributed by atoms with Crippen LogP contribution in [0, 0.1) is 13.8 Å². The Balaban J connectivity index is 1.65. The number of benzene rings is 2. The highest BCUT2D eigenvalue weighted by molar-refractivity contribution is 5.79. The summed E-state index contributed by atoms with van der Waals surface area (Å²) >= 11 is 0. The van der Waals surface area contributed by atoms with Crippen molar-refractivity contribution in [2.24, 2.45) is 0 Å². The summed E-state index contributed by atoms with van der Waals surface area (Å²) < 4.78 is 0. The summed E-state index contributed by atoms with van der Waals surface area (Å²) in [6.07, 6.45) is 4.07. The fraction of sp³-hybridized carbons (Fsp3) is 0.381. The summed E-state index contributed by atoms with van der Waals surface area (Å²) in [5.74, 6) is 0.0879. The third-order valence-electron chi connectivity index (χ3n) is 4.85. The minimum absolute atomic E-state index is 0.0548. The van der Waals surface area contributed by atoms with Crippen LogP contribution in [0.1, 0.15) is 52.8 Å². The van der Waals surface area contributed by atoms with E-state index in [1.165, 1.54) is 47.1 Å². The molecule has 0 saturated carbocycles. The topological polar surface area (TPSA) is 29.1 Å². The lowest BCUT2D eigenvalue weighted by molar-refractivity contribution is -0.121. The molecule has 2 nitrogen and oxygen atoms in total. The first-order valence-electron chi connectivity index (χ1n) is 8.50. The van der Waals surface area contributed by atoms with Gasteiger partial charge in [0.15, 0.2) is 0 Å². The van der Waals surface area contributed by atoms with Gasteiger partial charge in [-0.05, 0) is 67.9 Å². The third kappa shape index (κ3) is 3.64. The largest absolute Gasteiger partial charge is 0.349 e. The van der Waals surface area contributed by atoms with Gasteiger partial charge in [-0.3, -0.25) is 4.79 Å². The van der Waals surface area contributed by atoms with Crippen LogP contribution in [0.3, 0.4) is 0 Å². The van der Waals surface area contributed by atoms with Crippen LogP contribution >= 0.6 is 0 Å². The summed E-state index contributed by atoms with van der Waals surface area (Å²) in [6.45, 7) is 6.21. The molecular formula is C21H25NO. The quantitative estimate of drug-likeness (QED) is 0.900. The van der Waals surface area contributed by atoms with Gasteiger partial charge >= 0.3 is 0 Å². The second-order valence-electron chi connectivity index (χ2n) is 6.78. The van der Waals surface area contributed by atoms with E-state index in [1.54, 1.807) is 0 Å². The fourth-order valence-electron chi connectivity index (χ4n) is 3.45. The Morgan fingerprint density at radius 2 is 1.87 bits per heavy atom. The van der Waals surface area contributed by atoms with Gasteiger partial charge in [0.2, 0.25) is 5.91 Å². The molecule has 23 heavy (non-hydrogen) atoms. The monoisotopic (exact) mass is 307 g/mol. The normalized spacial score (nSPS) is 14.4. The van der Waals surface area contributed by atoms with Gasteiger partial charge in [0, 0.05) is 0 Å². The second-order valence-corrected chi connectivity index (χ2v) is 6.78. The number of amides is 1. The van der Waals surface area contributed by atoms with Gasteiger partial charge in [0.1, 0.15) is 0 Å². The van der Waals surface area contributed by atoms with Crippen LogP contribution < -0.4 is 5.32 Å². The molecule has 120 valence electrons. The van der Waals surface area contributed by atoms with Crippen molar-refractivity contribution in [3.8, 4) is 0 Å². The van der Waals surface area contributed by atoms with E-state index in [9.17, 15) is 4.79 Å². The van der Waals surface area contributed by atoms with E-state index < -0.39 is 0 Å². The second kappa shape index (κ2) is 6.57. The summed E-state index contributed by atoms with van der Waals surface area (Å²) in [7, 11) is 0. The van der Waals surface area contributed by atoms with Crippen molar-refractivity contribution in [1.29, 1.82) is 0 Å². The zero-order chi connectivity index (χ0) is 16.4. The molecule has 0 aromatic heterocycles. The molecule has 3 rings (SSSR count). The van der Waals surface area contributed by atoms with E-state index >= 15 is 0 Å². The SMILES string of the molecule is Cc1ccc(CC(=O)N[C@@H](C)c2ccc3c(c2)CCC3)c(C)c1. The van der Waals surface area contributed by atoms with Gasteiger partial charge in [-0.2, -0.15) is 0 Å². The summed E-state index contributed by atoms with van der Waals surface area (Å²) in [5.41, 5.74) is 7.66. The standard InChI is InChI=1S/C21H25NO/c1-14-7-8-18(15(2)11-14)13-21(23)22-16(3)19-10-9-17-5-4-6-20(17)12-19/h7-12,16H,4-6,13H2,1-3H3,(H,22,23)/t16-/m0/s1. The number of hydrogen-bond donors (Lipinski definition) is 1. The molecule has 2 aromatic rings. The van der Waals surface area contributed by atoms with Crippen LogP contribution in [-0.4, -0.2) is 5.91 Å². The maximum atomic E-state index is 12.4. The minimum atomic E-state index is 0.0548. The molecular weight excluding hydrogens is 282 g/mol. The van der Waals surface area contributed by atoms with Crippen molar-refractivity contribution in [3.63, 3.8) is 0 Å². The Bertz CT molecular complexity index is 733. The first-order valence-corrected chi connectivity index (χ1v) is 8.50.